The lowest BCUT2D eigenvalue weighted by molar-refractivity contribution is 0.660. The van der Waals surface area contributed by atoms with E-state index in [1.54, 1.807) is 29.4 Å². The van der Waals surface area contributed by atoms with Crippen LogP contribution in [0.25, 0.3) is 32.3 Å². The first-order valence-corrected chi connectivity index (χ1v) is 10.2. The molecule has 0 unspecified atom stereocenters. The molecule has 0 amide bonds. The van der Waals surface area contributed by atoms with Gasteiger partial charge in [-0.2, -0.15) is 0 Å². The molecule has 0 bridgehead atoms. The van der Waals surface area contributed by atoms with Crippen molar-refractivity contribution in [2.75, 3.05) is 0 Å². The van der Waals surface area contributed by atoms with Crippen molar-refractivity contribution in [2.45, 2.75) is 24.6 Å². The zero-order chi connectivity index (χ0) is 18.5. The number of aromatic nitrogens is 4. The van der Waals surface area contributed by atoms with Crippen LogP contribution in [-0.2, 0) is 5.75 Å². The molecule has 0 spiro atoms. The lowest BCUT2D eigenvalue weighted by Gasteiger charge is -2.03. The second-order valence-corrected chi connectivity index (χ2v) is 8.39. The van der Waals surface area contributed by atoms with Gasteiger partial charge in [0.05, 0.1) is 5.75 Å². The number of nitrogens with zero attached hydrogens (tertiary/aromatic N) is 3. The molecule has 0 aliphatic carbocycles. The van der Waals surface area contributed by atoms with Crippen LogP contribution in [0, 0.1) is 13.8 Å². The van der Waals surface area contributed by atoms with Gasteiger partial charge in [-0.3, -0.25) is 4.79 Å². The van der Waals surface area contributed by atoms with Crippen molar-refractivity contribution in [3.05, 3.63) is 57.2 Å². The number of thioether (sulfide) groups is 1. The molecule has 4 aromatic heterocycles. The molecule has 0 aliphatic heterocycles. The van der Waals surface area contributed by atoms with E-state index in [4.69, 9.17) is 4.42 Å². The fourth-order valence-corrected chi connectivity index (χ4v) is 5.10. The van der Waals surface area contributed by atoms with E-state index < -0.39 is 0 Å². The number of aryl methyl sites for hydroxylation is 2. The van der Waals surface area contributed by atoms with Gasteiger partial charge >= 0.3 is 0 Å². The number of benzene rings is 1. The number of H-pyrrole nitrogens is 1. The van der Waals surface area contributed by atoms with Gasteiger partial charge < -0.3 is 9.40 Å². The van der Waals surface area contributed by atoms with Crippen molar-refractivity contribution in [1.29, 1.82) is 0 Å². The Morgan fingerprint density at radius 3 is 2.96 bits per heavy atom. The maximum Gasteiger partial charge on any atom is 0.294 e. The normalized spacial score (nSPS) is 11.8. The van der Waals surface area contributed by atoms with E-state index in [9.17, 15) is 4.79 Å². The molecule has 1 aromatic carbocycles. The lowest BCUT2D eigenvalue weighted by atomic mass is 10.2. The molecular formula is C19H14N4O2S2. The third-order valence-corrected chi connectivity index (χ3v) is 6.67. The van der Waals surface area contributed by atoms with Gasteiger partial charge in [-0.1, -0.05) is 23.9 Å². The molecule has 5 rings (SSSR count). The van der Waals surface area contributed by atoms with E-state index in [-0.39, 0.29) is 11.1 Å². The average molecular weight is 394 g/mol. The van der Waals surface area contributed by atoms with Crippen molar-refractivity contribution >= 4 is 55.4 Å². The fourth-order valence-electron chi connectivity index (χ4n) is 3.11. The molecule has 27 heavy (non-hydrogen) atoms. The molecule has 4 heterocycles. The quantitative estimate of drug-likeness (QED) is 0.356. The molecule has 1 N–H and O–H groups in total. The van der Waals surface area contributed by atoms with E-state index >= 15 is 0 Å². The third kappa shape index (κ3) is 2.64. The predicted octanol–water partition coefficient (Wildman–Crippen LogP) is 4.58. The Morgan fingerprint density at radius 2 is 2.07 bits per heavy atom. The number of fused-ring (bicyclic) bond motifs is 4. The van der Waals surface area contributed by atoms with Crippen LogP contribution in [0.5, 0.6) is 0 Å². The summed E-state index contributed by atoms with van der Waals surface area (Å²) in [6, 6.07) is 7.54. The smallest absolute Gasteiger partial charge is 0.294 e. The van der Waals surface area contributed by atoms with Gasteiger partial charge in [-0.05, 0) is 31.5 Å². The molecule has 134 valence electrons. The fraction of sp³-hybridized carbons (Fsp3) is 0.158. The number of hydrogen-bond acceptors (Lipinski definition) is 7. The first-order chi connectivity index (χ1) is 13.1. The Bertz CT molecular complexity index is 1380. The van der Waals surface area contributed by atoms with Crippen molar-refractivity contribution < 1.29 is 4.42 Å². The van der Waals surface area contributed by atoms with Crippen molar-refractivity contribution in [3.63, 3.8) is 0 Å². The summed E-state index contributed by atoms with van der Waals surface area (Å²) in [5, 5.41) is 2.84. The number of para-hydroxylation sites is 1. The van der Waals surface area contributed by atoms with E-state index in [0.717, 1.165) is 20.6 Å². The summed E-state index contributed by atoms with van der Waals surface area (Å²) >= 11 is 3.22. The summed E-state index contributed by atoms with van der Waals surface area (Å²) in [4.78, 5) is 30.9. The average Bonchev–Trinajstić information content (AvgIpc) is 3.19. The highest BCUT2D eigenvalue weighted by molar-refractivity contribution is 7.98. The second-order valence-electron chi connectivity index (χ2n) is 6.22. The molecule has 0 saturated carbocycles. The van der Waals surface area contributed by atoms with Crippen LogP contribution in [0.4, 0.5) is 0 Å². The number of furan rings is 1. The zero-order valence-corrected chi connectivity index (χ0v) is 16.2. The zero-order valence-electron chi connectivity index (χ0n) is 14.6. The van der Waals surface area contributed by atoms with Crippen molar-refractivity contribution in [3.8, 4) is 0 Å². The number of thiophene rings is 1. The second kappa shape index (κ2) is 6.17. The maximum absolute atomic E-state index is 12.4. The van der Waals surface area contributed by atoms with Gasteiger partial charge in [-0.25, -0.2) is 15.0 Å². The molecular weight excluding hydrogens is 380 g/mol. The van der Waals surface area contributed by atoms with Crippen LogP contribution in [0.15, 0.2) is 44.8 Å². The number of rotatable bonds is 3. The summed E-state index contributed by atoms with van der Waals surface area (Å²) in [6.07, 6.45) is 1.59. The summed E-state index contributed by atoms with van der Waals surface area (Å²) < 4.78 is 5.64. The molecule has 0 saturated heterocycles. The highest BCUT2D eigenvalue weighted by atomic mass is 32.2. The van der Waals surface area contributed by atoms with Gasteiger partial charge in [0.1, 0.15) is 33.1 Å². The molecule has 5 aromatic rings. The largest absolute Gasteiger partial charge is 0.449 e. The van der Waals surface area contributed by atoms with Gasteiger partial charge in [0.2, 0.25) is 5.58 Å². The van der Waals surface area contributed by atoms with Crippen LogP contribution < -0.4 is 5.56 Å². The van der Waals surface area contributed by atoms with Crippen LogP contribution in [0.1, 0.15) is 16.3 Å². The predicted molar refractivity (Wildman–Crippen MR) is 109 cm³/mol. The van der Waals surface area contributed by atoms with Crippen molar-refractivity contribution in [2.24, 2.45) is 0 Å². The topological polar surface area (TPSA) is 84.7 Å². The summed E-state index contributed by atoms with van der Waals surface area (Å²) in [6.45, 7) is 4.18. The Balaban J connectivity index is 1.56. The number of aromatic amines is 1. The van der Waals surface area contributed by atoms with Crippen LogP contribution >= 0.6 is 23.1 Å². The SMILES string of the molecule is Cc1sc2ncnc(SCc3nc4c(oc5ccccc54)c(=O)[nH]3)c2c1C. The van der Waals surface area contributed by atoms with E-state index in [0.29, 0.717) is 22.7 Å². The lowest BCUT2D eigenvalue weighted by Crippen LogP contribution is -2.10. The molecule has 0 fully saturated rings. The summed E-state index contributed by atoms with van der Waals surface area (Å²) in [7, 11) is 0. The number of nitrogens with one attached hydrogen (secondary N) is 1. The Labute approximate surface area is 161 Å². The minimum Gasteiger partial charge on any atom is -0.449 e. The first kappa shape index (κ1) is 16.5. The van der Waals surface area contributed by atoms with Crippen LogP contribution in [-0.4, -0.2) is 19.9 Å². The van der Waals surface area contributed by atoms with Crippen LogP contribution in [0.2, 0.25) is 0 Å². The molecule has 0 atom stereocenters. The highest BCUT2D eigenvalue weighted by Gasteiger charge is 2.15. The van der Waals surface area contributed by atoms with Gasteiger partial charge in [0, 0.05) is 15.6 Å². The molecule has 0 radical (unpaired) electrons. The summed E-state index contributed by atoms with van der Waals surface area (Å²) in [5.41, 5.74) is 2.47. The molecule has 0 aliphatic rings. The van der Waals surface area contributed by atoms with Crippen LogP contribution in [0.3, 0.4) is 0 Å². The third-order valence-electron chi connectivity index (χ3n) is 4.56. The monoisotopic (exact) mass is 394 g/mol. The van der Waals surface area contributed by atoms with Gasteiger partial charge in [0.25, 0.3) is 5.56 Å². The van der Waals surface area contributed by atoms with Gasteiger partial charge in [-0.15, -0.1) is 11.3 Å². The Hall–Kier alpha value is -2.71. The standard InChI is InChI=1S/C19H14N4O2S2/c1-9-10(2)27-19-14(9)18(20-8-21-19)26-7-13-22-15-11-5-3-4-6-12(11)25-16(15)17(24)23-13/h3-6,8H,7H2,1-2H3,(H,22,23,24). The first-order valence-electron chi connectivity index (χ1n) is 8.36. The van der Waals surface area contributed by atoms with E-state index in [1.807, 2.05) is 24.3 Å². The Morgan fingerprint density at radius 1 is 1.22 bits per heavy atom. The highest BCUT2D eigenvalue weighted by Crippen LogP contribution is 2.35. The van der Waals surface area contributed by atoms with E-state index in [1.165, 1.54) is 10.4 Å². The van der Waals surface area contributed by atoms with E-state index in [2.05, 4.69) is 33.8 Å². The molecule has 8 heteroatoms. The maximum atomic E-state index is 12.4. The number of hydrogen-bond donors (Lipinski definition) is 1. The Kier molecular flexibility index (Phi) is 3.76. The van der Waals surface area contributed by atoms with Gasteiger partial charge in [0.15, 0.2) is 0 Å². The summed E-state index contributed by atoms with van der Waals surface area (Å²) in [5.74, 6) is 1.10. The molecule has 6 nitrogen and oxygen atoms in total. The minimum absolute atomic E-state index is 0.262. The minimum atomic E-state index is -0.262. The van der Waals surface area contributed by atoms with Crippen molar-refractivity contribution in [1.82, 2.24) is 19.9 Å².